The van der Waals surface area contributed by atoms with E-state index in [0.29, 0.717) is 18.8 Å². The van der Waals surface area contributed by atoms with Crippen LogP contribution in [-0.2, 0) is 16.1 Å². The van der Waals surface area contributed by atoms with Crippen LogP contribution >= 0.6 is 0 Å². The van der Waals surface area contributed by atoms with Crippen LogP contribution in [0, 0.1) is 18.6 Å². The van der Waals surface area contributed by atoms with Crippen LogP contribution in [0.25, 0.3) is 0 Å². The van der Waals surface area contributed by atoms with Crippen LogP contribution in [0.4, 0.5) is 14.5 Å². The fourth-order valence-electron chi connectivity index (χ4n) is 2.92. The molecule has 2 amide bonds. The van der Waals surface area contributed by atoms with Gasteiger partial charge in [-0.1, -0.05) is 23.8 Å². The number of likely N-dealkylation sites (N-methyl/N-ethyl adjacent to an activating group) is 1. The predicted octanol–water partition coefficient (Wildman–Crippen LogP) is 3.41. The van der Waals surface area contributed by atoms with Crippen molar-refractivity contribution in [2.75, 3.05) is 32.1 Å². The largest absolute Gasteiger partial charge is 0.492 e. The smallest absolute Gasteiger partial charge is 0.244 e. The highest BCUT2D eigenvalue weighted by Crippen LogP contribution is 2.21. The highest BCUT2D eigenvalue weighted by Gasteiger charge is 2.13. The summed E-state index contributed by atoms with van der Waals surface area (Å²) >= 11 is 0. The number of nitrogens with zero attached hydrogens (tertiary/aromatic N) is 3. The number of hydrogen-bond donors (Lipinski definition) is 1. The standard InChI is InChI=1S/C24H26F2N4O4/c1-17-6-8-19(9-7-17)33-13-11-29(2)23(32)16-30-15-18(14-27-30)28-22(31)10-12-34-24-20(25)4-3-5-21(24)26/h3-9,14-15H,10-13,16H2,1-2H3,(H,28,31). The highest BCUT2D eigenvalue weighted by atomic mass is 19.1. The maximum atomic E-state index is 13.5. The van der Waals surface area contributed by atoms with Crippen LogP contribution in [0.3, 0.4) is 0 Å². The molecule has 0 saturated carbocycles. The lowest BCUT2D eigenvalue weighted by atomic mass is 10.2. The number of aryl methyl sites for hydroxylation is 1. The third-order valence-electron chi connectivity index (χ3n) is 4.85. The van der Waals surface area contributed by atoms with Crippen LogP contribution in [0.1, 0.15) is 12.0 Å². The topological polar surface area (TPSA) is 85.7 Å². The van der Waals surface area contributed by atoms with Crippen molar-refractivity contribution >= 4 is 17.5 Å². The highest BCUT2D eigenvalue weighted by molar-refractivity contribution is 5.90. The van der Waals surface area contributed by atoms with Crippen molar-refractivity contribution in [1.29, 1.82) is 0 Å². The number of halogens is 2. The number of amides is 2. The van der Waals surface area contributed by atoms with Crippen molar-refractivity contribution < 1.29 is 27.8 Å². The van der Waals surface area contributed by atoms with Gasteiger partial charge >= 0.3 is 0 Å². The van der Waals surface area contributed by atoms with E-state index in [4.69, 9.17) is 9.47 Å². The quantitative estimate of drug-likeness (QED) is 0.462. The normalized spacial score (nSPS) is 10.6. The number of aromatic nitrogens is 2. The van der Waals surface area contributed by atoms with Gasteiger partial charge in [0.25, 0.3) is 0 Å². The van der Waals surface area contributed by atoms with E-state index in [-0.39, 0.29) is 25.5 Å². The zero-order valence-electron chi connectivity index (χ0n) is 19.0. The number of para-hydroxylation sites is 1. The molecule has 0 unspecified atom stereocenters. The first-order valence-electron chi connectivity index (χ1n) is 10.6. The Bertz CT molecular complexity index is 1100. The molecule has 0 atom stereocenters. The number of hydrogen-bond acceptors (Lipinski definition) is 5. The molecule has 10 heteroatoms. The maximum Gasteiger partial charge on any atom is 0.244 e. The average molecular weight is 472 g/mol. The minimum absolute atomic E-state index is 0.00737. The molecule has 180 valence electrons. The van der Waals surface area contributed by atoms with Gasteiger partial charge in [-0.05, 0) is 31.2 Å². The molecular formula is C24H26F2N4O4. The van der Waals surface area contributed by atoms with E-state index in [9.17, 15) is 18.4 Å². The number of ether oxygens (including phenoxy) is 2. The van der Waals surface area contributed by atoms with Gasteiger partial charge in [-0.2, -0.15) is 5.10 Å². The number of carbonyl (C=O) groups excluding carboxylic acids is 2. The number of nitrogens with one attached hydrogen (secondary N) is 1. The lowest BCUT2D eigenvalue weighted by Crippen LogP contribution is -2.33. The first kappa shape index (κ1) is 24.7. The van der Waals surface area contributed by atoms with Gasteiger partial charge in [0, 0.05) is 13.2 Å². The summed E-state index contributed by atoms with van der Waals surface area (Å²) in [6.45, 7) is 2.54. The summed E-state index contributed by atoms with van der Waals surface area (Å²) in [7, 11) is 1.67. The first-order chi connectivity index (χ1) is 16.3. The predicted molar refractivity (Wildman–Crippen MR) is 122 cm³/mol. The summed E-state index contributed by atoms with van der Waals surface area (Å²) in [5, 5.41) is 6.67. The lowest BCUT2D eigenvalue weighted by molar-refractivity contribution is -0.131. The van der Waals surface area contributed by atoms with Crippen LogP contribution in [0.5, 0.6) is 11.5 Å². The number of anilines is 1. The molecule has 3 aromatic rings. The van der Waals surface area contributed by atoms with Crippen LogP contribution < -0.4 is 14.8 Å². The second kappa shape index (κ2) is 11.8. The van der Waals surface area contributed by atoms with Crippen molar-refractivity contribution in [1.82, 2.24) is 14.7 Å². The fraction of sp³-hybridized carbons (Fsp3) is 0.292. The summed E-state index contributed by atoms with van der Waals surface area (Å²) in [4.78, 5) is 26.0. The Morgan fingerprint density at radius 2 is 1.76 bits per heavy atom. The summed E-state index contributed by atoms with van der Waals surface area (Å²) in [5.74, 6) is -2.05. The van der Waals surface area contributed by atoms with Gasteiger partial charge in [0.2, 0.25) is 11.8 Å². The Hall–Kier alpha value is -3.95. The van der Waals surface area contributed by atoms with Gasteiger partial charge in [0.15, 0.2) is 17.4 Å². The monoisotopic (exact) mass is 472 g/mol. The van der Waals surface area contributed by atoms with E-state index in [2.05, 4.69) is 10.4 Å². The van der Waals surface area contributed by atoms with Crippen molar-refractivity contribution in [3.05, 3.63) is 72.1 Å². The Balaban J connectivity index is 1.38. The molecule has 8 nitrogen and oxygen atoms in total. The molecule has 1 N–H and O–H groups in total. The second-order valence-corrected chi connectivity index (χ2v) is 7.60. The van der Waals surface area contributed by atoms with Crippen LogP contribution in [0.15, 0.2) is 54.9 Å². The van der Waals surface area contributed by atoms with Crippen molar-refractivity contribution in [3.63, 3.8) is 0 Å². The van der Waals surface area contributed by atoms with Gasteiger partial charge in [-0.3, -0.25) is 14.3 Å². The lowest BCUT2D eigenvalue weighted by Gasteiger charge is -2.17. The van der Waals surface area contributed by atoms with Crippen molar-refractivity contribution in [2.45, 2.75) is 19.9 Å². The molecule has 0 fully saturated rings. The summed E-state index contributed by atoms with van der Waals surface area (Å²) in [6.07, 6.45) is 2.80. The number of benzene rings is 2. The Kier molecular flexibility index (Phi) is 8.55. The SMILES string of the molecule is Cc1ccc(OCCN(C)C(=O)Cn2cc(NC(=O)CCOc3c(F)cccc3F)cn2)cc1. The molecule has 0 aliphatic carbocycles. The first-order valence-corrected chi connectivity index (χ1v) is 10.6. The Labute approximate surface area is 196 Å². The molecule has 0 radical (unpaired) electrons. The fourth-order valence-corrected chi connectivity index (χ4v) is 2.92. The molecule has 0 saturated heterocycles. The third-order valence-corrected chi connectivity index (χ3v) is 4.85. The molecule has 1 aromatic heterocycles. The summed E-state index contributed by atoms with van der Waals surface area (Å²) in [6, 6.07) is 11.0. The van der Waals surface area contributed by atoms with Crippen LogP contribution in [-0.4, -0.2) is 53.3 Å². The number of carbonyl (C=O) groups is 2. The number of rotatable bonds is 11. The second-order valence-electron chi connectivity index (χ2n) is 7.60. The molecule has 0 aliphatic heterocycles. The van der Waals surface area contributed by atoms with E-state index in [1.165, 1.54) is 28.0 Å². The molecule has 0 spiro atoms. The maximum absolute atomic E-state index is 13.5. The van der Waals surface area contributed by atoms with E-state index < -0.39 is 23.3 Å². The van der Waals surface area contributed by atoms with Crippen LogP contribution in [0.2, 0.25) is 0 Å². The Morgan fingerprint density at radius 1 is 1.06 bits per heavy atom. The van der Waals surface area contributed by atoms with Gasteiger partial charge in [-0.15, -0.1) is 0 Å². The molecule has 2 aromatic carbocycles. The minimum Gasteiger partial charge on any atom is -0.492 e. The zero-order chi connectivity index (χ0) is 24.5. The molecule has 3 rings (SSSR count). The van der Waals surface area contributed by atoms with Crippen molar-refractivity contribution in [2.24, 2.45) is 0 Å². The van der Waals surface area contributed by atoms with E-state index >= 15 is 0 Å². The van der Waals surface area contributed by atoms with Gasteiger partial charge in [0.05, 0.1) is 31.5 Å². The molecule has 0 bridgehead atoms. The van der Waals surface area contributed by atoms with E-state index in [1.54, 1.807) is 7.05 Å². The minimum atomic E-state index is -0.835. The summed E-state index contributed by atoms with van der Waals surface area (Å²) < 4.78 is 39.1. The Morgan fingerprint density at radius 3 is 2.47 bits per heavy atom. The zero-order valence-corrected chi connectivity index (χ0v) is 19.0. The third kappa shape index (κ3) is 7.29. The molecule has 34 heavy (non-hydrogen) atoms. The average Bonchev–Trinajstić information content (AvgIpc) is 3.23. The van der Waals surface area contributed by atoms with E-state index in [1.807, 2.05) is 31.2 Å². The molecule has 1 heterocycles. The molecular weight excluding hydrogens is 446 g/mol. The molecule has 0 aliphatic rings. The van der Waals surface area contributed by atoms with Gasteiger partial charge < -0.3 is 19.7 Å². The van der Waals surface area contributed by atoms with E-state index in [0.717, 1.165) is 23.4 Å². The van der Waals surface area contributed by atoms with Crippen molar-refractivity contribution in [3.8, 4) is 11.5 Å². The summed E-state index contributed by atoms with van der Waals surface area (Å²) in [5.41, 5.74) is 1.53. The van der Waals surface area contributed by atoms with Gasteiger partial charge in [-0.25, -0.2) is 8.78 Å². The van der Waals surface area contributed by atoms with Gasteiger partial charge in [0.1, 0.15) is 18.9 Å².